The Kier molecular flexibility index (Phi) is 2.04. The molecule has 84 valence electrons. The fourth-order valence-electron chi connectivity index (χ4n) is 1.74. The van der Waals surface area contributed by atoms with E-state index in [2.05, 4.69) is 15.0 Å². The number of fused-ring (bicyclic) bond motifs is 1. The Morgan fingerprint density at radius 3 is 2.76 bits per heavy atom. The first-order valence-corrected chi connectivity index (χ1v) is 5.23. The van der Waals surface area contributed by atoms with Crippen LogP contribution in [0.15, 0.2) is 41.3 Å². The van der Waals surface area contributed by atoms with E-state index >= 15 is 0 Å². The first kappa shape index (κ1) is 9.77. The fraction of sp³-hybridized carbons (Fsp3) is 0.0833. The first-order valence-electron chi connectivity index (χ1n) is 5.23. The molecule has 0 saturated carbocycles. The van der Waals surface area contributed by atoms with E-state index in [-0.39, 0.29) is 5.69 Å². The van der Waals surface area contributed by atoms with Gasteiger partial charge in [-0.05, 0) is 0 Å². The molecule has 1 aromatic carbocycles. The highest BCUT2D eigenvalue weighted by Crippen LogP contribution is 2.15. The number of benzene rings is 1. The maximum Gasteiger partial charge on any atom is 0.327 e. The molecule has 0 spiro atoms. The van der Waals surface area contributed by atoms with Gasteiger partial charge >= 0.3 is 5.69 Å². The van der Waals surface area contributed by atoms with Crippen molar-refractivity contribution in [2.75, 3.05) is 0 Å². The minimum atomic E-state index is -0.181. The van der Waals surface area contributed by atoms with Gasteiger partial charge in [0.1, 0.15) is 5.52 Å². The van der Waals surface area contributed by atoms with Crippen LogP contribution in [-0.2, 0) is 7.05 Å². The van der Waals surface area contributed by atoms with Crippen LogP contribution in [-0.4, -0.2) is 19.5 Å². The zero-order chi connectivity index (χ0) is 11.8. The monoisotopic (exact) mass is 226 g/mol. The van der Waals surface area contributed by atoms with E-state index in [4.69, 9.17) is 0 Å². The van der Waals surface area contributed by atoms with Crippen LogP contribution in [0.4, 0.5) is 0 Å². The minimum Gasteiger partial charge on any atom is -0.303 e. The van der Waals surface area contributed by atoms with Gasteiger partial charge in [-0.3, -0.25) is 4.57 Å². The van der Waals surface area contributed by atoms with Gasteiger partial charge in [-0.15, -0.1) is 0 Å². The number of nitrogens with one attached hydrogen (secondary N) is 1. The van der Waals surface area contributed by atoms with Gasteiger partial charge in [0.15, 0.2) is 11.5 Å². The van der Waals surface area contributed by atoms with Crippen LogP contribution >= 0.6 is 0 Å². The lowest BCUT2D eigenvalue weighted by molar-refractivity contribution is 0.878. The Hall–Kier alpha value is -2.43. The molecule has 2 heterocycles. The fourth-order valence-corrected chi connectivity index (χ4v) is 1.74. The number of aryl methyl sites for hydroxylation is 1. The van der Waals surface area contributed by atoms with E-state index in [0.717, 1.165) is 5.56 Å². The van der Waals surface area contributed by atoms with Gasteiger partial charge in [0, 0.05) is 12.6 Å². The predicted octanol–water partition coefficient (Wildman–Crippen LogP) is 1.32. The third kappa shape index (κ3) is 1.52. The molecule has 0 aliphatic rings. The molecule has 0 bridgehead atoms. The summed E-state index contributed by atoms with van der Waals surface area (Å²) in [4.78, 5) is 22.7. The van der Waals surface area contributed by atoms with Crippen molar-refractivity contribution in [1.29, 1.82) is 0 Å². The first-order chi connectivity index (χ1) is 8.25. The number of imidazole rings is 1. The Labute approximate surface area is 96.8 Å². The number of aromatic nitrogens is 4. The second-order valence-electron chi connectivity index (χ2n) is 3.79. The highest BCUT2D eigenvalue weighted by atomic mass is 16.1. The third-order valence-electron chi connectivity index (χ3n) is 2.66. The van der Waals surface area contributed by atoms with Crippen molar-refractivity contribution in [3.8, 4) is 11.4 Å². The molecule has 5 heteroatoms. The molecule has 0 aliphatic heterocycles. The molecule has 0 atom stereocenters. The summed E-state index contributed by atoms with van der Waals surface area (Å²) in [5.41, 5.74) is 2.02. The van der Waals surface area contributed by atoms with Crippen molar-refractivity contribution >= 4 is 11.2 Å². The molecule has 0 unspecified atom stereocenters. The van der Waals surface area contributed by atoms with Crippen molar-refractivity contribution in [3.05, 3.63) is 47.0 Å². The highest BCUT2D eigenvalue weighted by Gasteiger charge is 2.07. The summed E-state index contributed by atoms with van der Waals surface area (Å²) in [7, 11) is 1.68. The van der Waals surface area contributed by atoms with E-state index in [1.807, 2.05) is 30.3 Å². The van der Waals surface area contributed by atoms with Crippen LogP contribution in [0.2, 0.25) is 0 Å². The number of hydrogen-bond acceptors (Lipinski definition) is 3. The number of nitrogens with zero attached hydrogens (tertiary/aromatic N) is 3. The summed E-state index contributed by atoms with van der Waals surface area (Å²) in [5, 5.41) is 0. The van der Waals surface area contributed by atoms with Crippen molar-refractivity contribution in [2.45, 2.75) is 0 Å². The number of H-pyrrole nitrogens is 1. The summed E-state index contributed by atoms with van der Waals surface area (Å²) < 4.78 is 1.48. The quantitative estimate of drug-likeness (QED) is 0.680. The van der Waals surface area contributed by atoms with E-state index in [1.165, 1.54) is 4.57 Å². The largest absolute Gasteiger partial charge is 0.327 e. The predicted molar refractivity (Wildman–Crippen MR) is 64.6 cm³/mol. The summed E-state index contributed by atoms with van der Waals surface area (Å²) in [6.07, 6.45) is 1.63. The molecular weight excluding hydrogens is 216 g/mol. The average Bonchev–Trinajstić information content (AvgIpc) is 2.66. The number of rotatable bonds is 1. The molecular formula is C12H10N4O. The van der Waals surface area contributed by atoms with Crippen molar-refractivity contribution in [3.63, 3.8) is 0 Å². The Morgan fingerprint density at radius 2 is 2.00 bits per heavy atom. The lowest BCUT2D eigenvalue weighted by Crippen LogP contribution is -2.12. The van der Waals surface area contributed by atoms with Gasteiger partial charge in [0.2, 0.25) is 0 Å². The van der Waals surface area contributed by atoms with Crippen LogP contribution in [0.3, 0.4) is 0 Å². The van der Waals surface area contributed by atoms with Crippen molar-refractivity contribution in [2.24, 2.45) is 7.05 Å². The summed E-state index contributed by atoms with van der Waals surface area (Å²) in [5.74, 6) is 0.618. The van der Waals surface area contributed by atoms with Gasteiger partial charge < -0.3 is 4.98 Å². The molecule has 3 aromatic rings. The van der Waals surface area contributed by atoms with E-state index in [9.17, 15) is 4.79 Å². The lowest BCUT2D eigenvalue weighted by Gasteiger charge is -1.99. The molecule has 0 aliphatic carbocycles. The number of aromatic amines is 1. The molecule has 2 aromatic heterocycles. The Bertz CT molecular complexity index is 727. The molecule has 0 saturated heterocycles. The Morgan fingerprint density at radius 1 is 1.24 bits per heavy atom. The molecule has 0 amide bonds. The smallest absolute Gasteiger partial charge is 0.303 e. The standard InChI is InChI=1S/C12H10N4O/c1-16-11-9(14-12(16)17)7-13-10(15-11)8-5-3-2-4-6-8/h2-7H,1H3,(H,14,17). The van der Waals surface area contributed by atoms with Crippen LogP contribution < -0.4 is 5.69 Å². The van der Waals surface area contributed by atoms with Crippen LogP contribution in [0.25, 0.3) is 22.6 Å². The van der Waals surface area contributed by atoms with Crippen LogP contribution in [0.5, 0.6) is 0 Å². The molecule has 5 nitrogen and oxygen atoms in total. The van der Waals surface area contributed by atoms with Gasteiger partial charge in [0.25, 0.3) is 0 Å². The normalized spacial score (nSPS) is 10.9. The van der Waals surface area contributed by atoms with Crippen molar-refractivity contribution < 1.29 is 0 Å². The molecule has 17 heavy (non-hydrogen) atoms. The second-order valence-corrected chi connectivity index (χ2v) is 3.79. The summed E-state index contributed by atoms with van der Waals surface area (Å²) in [6.45, 7) is 0. The van der Waals surface area contributed by atoms with Gasteiger partial charge in [0.05, 0.1) is 6.20 Å². The maximum atomic E-state index is 11.4. The van der Waals surface area contributed by atoms with E-state index in [0.29, 0.717) is 17.0 Å². The molecule has 1 N–H and O–H groups in total. The van der Waals surface area contributed by atoms with E-state index < -0.39 is 0 Å². The SMILES string of the molecule is Cn1c(=O)[nH]c2cnc(-c3ccccc3)nc21. The van der Waals surface area contributed by atoms with E-state index in [1.54, 1.807) is 13.2 Å². The van der Waals surface area contributed by atoms with Crippen molar-refractivity contribution in [1.82, 2.24) is 19.5 Å². The maximum absolute atomic E-state index is 11.4. The topological polar surface area (TPSA) is 63.6 Å². The van der Waals surface area contributed by atoms with Gasteiger partial charge in [-0.1, -0.05) is 30.3 Å². The lowest BCUT2D eigenvalue weighted by atomic mass is 10.2. The summed E-state index contributed by atoms with van der Waals surface area (Å²) >= 11 is 0. The minimum absolute atomic E-state index is 0.181. The average molecular weight is 226 g/mol. The summed E-state index contributed by atoms with van der Waals surface area (Å²) in [6, 6.07) is 9.67. The van der Waals surface area contributed by atoms with Gasteiger partial charge in [-0.2, -0.15) is 0 Å². The number of hydrogen-bond donors (Lipinski definition) is 1. The van der Waals surface area contributed by atoms with Crippen LogP contribution in [0, 0.1) is 0 Å². The molecule has 0 fully saturated rings. The zero-order valence-corrected chi connectivity index (χ0v) is 9.21. The van der Waals surface area contributed by atoms with Crippen LogP contribution in [0.1, 0.15) is 0 Å². The van der Waals surface area contributed by atoms with Gasteiger partial charge in [-0.25, -0.2) is 14.8 Å². The third-order valence-corrected chi connectivity index (χ3v) is 2.66. The molecule has 0 radical (unpaired) electrons. The Balaban J connectivity index is 2.27. The zero-order valence-electron chi connectivity index (χ0n) is 9.21. The highest BCUT2D eigenvalue weighted by molar-refractivity contribution is 5.72. The molecule has 3 rings (SSSR count). The second kappa shape index (κ2) is 3.55.